The molecule has 0 bridgehead atoms. The fourth-order valence-corrected chi connectivity index (χ4v) is 3.03. The lowest BCUT2D eigenvalue weighted by molar-refractivity contribution is 0.679. The lowest BCUT2D eigenvalue weighted by atomic mass is 10.3. The van der Waals surface area contributed by atoms with E-state index in [2.05, 4.69) is 31.2 Å². The molecule has 1 aliphatic carbocycles. The van der Waals surface area contributed by atoms with Crippen LogP contribution in [-0.2, 0) is 6.54 Å². The average Bonchev–Trinajstić information content (AvgIpc) is 3.08. The van der Waals surface area contributed by atoms with Crippen LogP contribution in [0.15, 0.2) is 26.9 Å². The highest BCUT2D eigenvalue weighted by molar-refractivity contribution is 9.10. The fraction of sp³-hybridized carbons (Fsp3) is 0.333. The molecule has 18 heavy (non-hydrogen) atoms. The Labute approximate surface area is 117 Å². The molecular weight excluding hydrogens is 314 g/mol. The van der Waals surface area contributed by atoms with Gasteiger partial charge in [-0.15, -0.1) is 11.3 Å². The van der Waals surface area contributed by atoms with Gasteiger partial charge in [-0.05, 0) is 34.8 Å². The van der Waals surface area contributed by atoms with Gasteiger partial charge in [-0.25, -0.2) is 4.98 Å². The smallest absolute Gasteiger partial charge is 0.255 e. The van der Waals surface area contributed by atoms with Gasteiger partial charge < -0.3 is 10.3 Å². The fourth-order valence-electron chi connectivity index (χ4n) is 1.65. The van der Waals surface area contributed by atoms with E-state index in [9.17, 15) is 4.79 Å². The normalized spacial score (nSPS) is 14.9. The van der Waals surface area contributed by atoms with Crippen molar-refractivity contribution in [3.8, 4) is 10.7 Å². The van der Waals surface area contributed by atoms with E-state index >= 15 is 0 Å². The molecule has 3 rings (SSSR count). The second-order valence-corrected chi connectivity index (χ2v) is 6.20. The predicted molar refractivity (Wildman–Crippen MR) is 75.7 cm³/mol. The second kappa shape index (κ2) is 4.95. The molecule has 0 aliphatic heterocycles. The number of thiophene rings is 1. The van der Waals surface area contributed by atoms with E-state index in [0.717, 1.165) is 9.35 Å². The van der Waals surface area contributed by atoms with Gasteiger partial charge in [-0.3, -0.25) is 4.79 Å². The lowest BCUT2D eigenvalue weighted by Crippen LogP contribution is -2.23. The summed E-state index contributed by atoms with van der Waals surface area (Å²) in [6.45, 7) is 0.599. The van der Waals surface area contributed by atoms with Crippen molar-refractivity contribution in [2.24, 2.45) is 0 Å². The molecular formula is C12H12BrN3OS. The molecule has 6 heteroatoms. The first-order chi connectivity index (χ1) is 8.72. The van der Waals surface area contributed by atoms with Gasteiger partial charge in [0.15, 0.2) is 0 Å². The largest absolute Gasteiger partial charge is 0.310 e. The van der Waals surface area contributed by atoms with Crippen LogP contribution in [0.4, 0.5) is 0 Å². The van der Waals surface area contributed by atoms with Crippen LogP contribution in [0.2, 0.25) is 0 Å². The van der Waals surface area contributed by atoms with Crippen LogP contribution in [0.5, 0.6) is 0 Å². The molecule has 94 valence electrons. The molecule has 0 amide bonds. The minimum Gasteiger partial charge on any atom is -0.310 e. The maximum atomic E-state index is 11.9. The van der Waals surface area contributed by atoms with Crippen molar-refractivity contribution in [3.05, 3.63) is 38.0 Å². The van der Waals surface area contributed by atoms with E-state index < -0.39 is 0 Å². The monoisotopic (exact) mass is 325 g/mol. The van der Waals surface area contributed by atoms with Gasteiger partial charge in [0.05, 0.1) is 4.88 Å². The number of aromatic nitrogens is 2. The highest BCUT2D eigenvalue weighted by Crippen LogP contribution is 2.26. The maximum absolute atomic E-state index is 11.9. The first-order valence-corrected chi connectivity index (χ1v) is 7.45. The number of nitrogens with zero attached hydrogens (tertiary/aromatic N) is 1. The van der Waals surface area contributed by atoms with Crippen molar-refractivity contribution in [1.29, 1.82) is 0 Å². The van der Waals surface area contributed by atoms with E-state index in [1.54, 1.807) is 17.5 Å². The first kappa shape index (κ1) is 12.1. The number of rotatable bonds is 4. The molecule has 0 aromatic carbocycles. The highest BCUT2D eigenvalue weighted by atomic mass is 79.9. The van der Waals surface area contributed by atoms with Gasteiger partial charge >= 0.3 is 0 Å². The number of halogens is 1. The zero-order valence-electron chi connectivity index (χ0n) is 9.57. The van der Waals surface area contributed by atoms with Crippen LogP contribution in [0.25, 0.3) is 10.7 Å². The van der Waals surface area contributed by atoms with Crippen molar-refractivity contribution in [1.82, 2.24) is 15.3 Å². The summed E-state index contributed by atoms with van der Waals surface area (Å²) < 4.78 is 1.00. The van der Waals surface area contributed by atoms with Crippen LogP contribution in [0.1, 0.15) is 18.4 Å². The van der Waals surface area contributed by atoms with Gasteiger partial charge in [-0.2, -0.15) is 0 Å². The molecule has 2 heterocycles. The van der Waals surface area contributed by atoms with Crippen LogP contribution >= 0.6 is 27.3 Å². The number of hydrogen-bond donors (Lipinski definition) is 2. The summed E-state index contributed by atoms with van der Waals surface area (Å²) >= 11 is 4.94. The summed E-state index contributed by atoms with van der Waals surface area (Å²) in [6, 6.07) is 2.54. The molecule has 0 radical (unpaired) electrons. The van der Waals surface area contributed by atoms with Gasteiger partial charge in [0.1, 0.15) is 5.82 Å². The quantitative estimate of drug-likeness (QED) is 0.908. The second-order valence-electron chi connectivity index (χ2n) is 4.37. The Balaban J connectivity index is 1.81. The number of hydrogen-bond acceptors (Lipinski definition) is 4. The zero-order chi connectivity index (χ0) is 12.5. The Morgan fingerprint density at radius 2 is 2.39 bits per heavy atom. The summed E-state index contributed by atoms with van der Waals surface area (Å²) in [4.78, 5) is 20.0. The molecule has 0 spiro atoms. The molecule has 4 nitrogen and oxygen atoms in total. The van der Waals surface area contributed by atoms with Crippen molar-refractivity contribution >= 4 is 27.3 Å². The van der Waals surface area contributed by atoms with E-state index in [0.29, 0.717) is 24.0 Å². The Kier molecular flexibility index (Phi) is 3.32. The number of nitrogens with one attached hydrogen (secondary N) is 2. The molecule has 2 aromatic rings. The molecule has 1 fully saturated rings. The summed E-state index contributed by atoms with van der Waals surface area (Å²) in [5, 5.41) is 5.28. The minimum absolute atomic E-state index is 0.0577. The maximum Gasteiger partial charge on any atom is 0.255 e. The molecule has 0 atom stereocenters. The van der Waals surface area contributed by atoms with Gasteiger partial charge in [-0.1, -0.05) is 0 Å². The minimum atomic E-state index is -0.0577. The lowest BCUT2D eigenvalue weighted by Gasteiger charge is -2.02. The Morgan fingerprint density at radius 1 is 1.56 bits per heavy atom. The molecule has 1 aliphatic rings. The molecule has 2 N–H and O–H groups in total. The first-order valence-electron chi connectivity index (χ1n) is 5.78. The van der Waals surface area contributed by atoms with Crippen LogP contribution in [0, 0.1) is 0 Å². The Bertz CT molecular complexity index is 618. The number of H-pyrrole nitrogens is 1. The Morgan fingerprint density at radius 3 is 3.00 bits per heavy atom. The number of aromatic amines is 1. The molecule has 0 saturated heterocycles. The predicted octanol–water partition coefficient (Wildman–Crippen LogP) is 2.51. The molecule has 2 aromatic heterocycles. The third-order valence-electron chi connectivity index (χ3n) is 2.83. The third kappa shape index (κ3) is 2.71. The zero-order valence-corrected chi connectivity index (χ0v) is 12.0. The standard InChI is InChI=1S/C12H12BrN3OS/c13-8-3-10(18-6-8)11-15-5-7(12(17)16-11)4-14-9-1-2-9/h3,5-6,9,14H,1-2,4H2,(H,15,16,17). The van der Waals surface area contributed by atoms with E-state index in [4.69, 9.17) is 0 Å². The van der Waals surface area contributed by atoms with Crippen molar-refractivity contribution in [3.63, 3.8) is 0 Å². The van der Waals surface area contributed by atoms with Crippen molar-refractivity contribution in [2.45, 2.75) is 25.4 Å². The summed E-state index contributed by atoms with van der Waals surface area (Å²) in [5.74, 6) is 0.630. The average molecular weight is 326 g/mol. The molecule has 0 unspecified atom stereocenters. The summed E-state index contributed by atoms with van der Waals surface area (Å²) in [7, 11) is 0. The summed E-state index contributed by atoms with van der Waals surface area (Å²) in [5.41, 5.74) is 0.638. The highest BCUT2D eigenvalue weighted by Gasteiger charge is 2.20. The van der Waals surface area contributed by atoms with Gasteiger partial charge in [0, 0.05) is 34.2 Å². The van der Waals surface area contributed by atoms with E-state index in [1.807, 2.05) is 11.4 Å². The van der Waals surface area contributed by atoms with Crippen LogP contribution in [-0.4, -0.2) is 16.0 Å². The van der Waals surface area contributed by atoms with Crippen LogP contribution in [0.3, 0.4) is 0 Å². The van der Waals surface area contributed by atoms with Crippen LogP contribution < -0.4 is 10.9 Å². The summed E-state index contributed by atoms with van der Waals surface area (Å²) in [6.07, 6.45) is 4.09. The van der Waals surface area contributed by atoms with E-state index in [-0.39, 0.29) is 5.56 Å². The SMILES string of the molecule is O=c1[nH]c(-c2cc(Br)cs2)ncc1CNC1CC1. The Hall–Kier alpha value is -0.980. The van der Waals surface area contributed by atoms with E-state index in [1.165, 1.54) is 12.8 Å². The van der Waals surface area contributed by atoms with Gasteiger partial charge in [0.2, 0.25) is 0 Å². The van der Waals surface area contributed by atoms with Gasteiger partial charge in [0.25, 0.3) is 5.56 Å². The van der Waals surface area contributed by atoms with Crippen molar-refractivity contribution in [2.75, 3.05) is 0 Å². The topological polar surface area (TPSA) is 57.8 Å². The molecule has 1 saturated carbocycles. The van der Waals surface area contributed by atoms with Crippen molar-refractivity contribution < 1.29 is 0 Å². The third-order valence-corrected chi connectivity index (χ3v) is 4.53.